The van der Waals surface area contributed by atoms with Crippen molar-refractivity contribution in [3.63, 3.8) is 0 Å². The van der Waals surface area contributed by atoms with Gasteiger partial charge in [0, 0.05) is 24.6 Å². The predicted octanol–water partition coefficient (Wildman–Crippen LogP) is 4.46. The second kappa shape index (κ2) is 12.7. The summed E-state index contributed by atoms with van der Waals surface area (Å²) < 4.78 is 36.0. The van der Waals surface area contributed by atoms with Crippen LogP contribution in [0.25, 0.3) is 0 Å². The first-order valence-electron chi connectivity index (χ1n) is 11.3. The molecule has 0 spiro atoms. The molecule has 190 valence electrons. The lowest BCUT2D eigenvalue weighted by molar-refractivity contribution is -0.384. The van der Waals surface area contributed by atoms with Crippen LogP contribution in [-0.4, -0.2) is 40.1 Å². The number of carbonyl (C=O) groups is 1. The number of rotatable bonds is 12. The Morgan fingerprint density at radius 1 is 0.917 bits per heavy atom. The molecule has 2 atom stereocenters. The molecule has 0 fully saturated rings. The van der Waals surface area contributed by atoms with Crippen molar-refractivity contribution < 1.29 is 27.6 Å². The minimum Gasteiger partial charge on any atom is -0.497 e. The van der Waals surface area contributed by atoms with Crippen molar-refractivity contribution >= 4 is 28.2 Å². The van der Waals surface area contributed by atoms with E-state index < -0.39 is 21.7 Å². The summed E-state index contributed by atoms with van der Waals surface area (Å²) in [5.41, 5.74) is 1.88. The highest BCUT2D eigenvalue weighted by molar-refractivity contribution is 7.74. The SMILES string of the molecule is COC(=O)C(CCC(CN(c1ccc([N+](=O)[O-])cc1)[SH](=O)=O)c1ccc(OC)cc1)c1ccccc1. The van der Waals surface area contributed by atoms with Gasteiger partial charge in [0.1, 0.15) is 5.75 Å². The number of non-ortho nitro benzene ring substituents is 1. The number of nitro benzene ring substituents is 1. The maximum absolute atomic E-state index is 12.6. The Bertz CT molecular complexity index is 1220. The third kappa shape index (κ3) is 6.82. The zero-order valence-corrected chi connectivity index (χ0v) is 20.9. The van der Waals surface area contributed by atoms with Gasteiger partial charge in [-0.25, -0.2) is 8.42 Å². The van der Waals surface area contributed by atoms with Crippen molar-refractivity contribution in [3.05, 3.63) is 100 Å². The molecule has 3 rings (SSSR count). The van der Waals surface area contributed by atoms with Gasteiger partial charge in [-0.1, -0.05) is 42.5 Å². The molecule has 0 aliphatic carbocycles. The minimum atomic E-state index is -3.04. The van der Waals surface area contributed by atoms with Crippen LogP contribution >= 0.6 is 0 Å². The molecule has 0 heterocycles. The highest BCUT2D eigenvalue weighted by Gasteiger charge is 2.25. The van der Waals surface area contributed by atoms with Crippen LogP contribution in [0.2, 0.25) is 0 Å². The third-order valence-electron chi connectivity index (χ3n) is 6.03. The highest BCUT2D eigenvalue weighted by atomic mass is 32.2. The molecule has 0 bridgehead atoms. The normalized spacial score (nSPS) is 12.5. The summed E-state index contributed by atoms with van der Waals surface area (Å²) in [5, 5.41) is 11.0. The van der Waals surface area contributed by atoms with Crippen LogP contribution in [0, 0.1) is 10.1 Å². The Hall–Kier alpha value is -3.92. The molecule has 0 radical (unpaired) electrons. The monoisotopic (exact) mass is 512 g/mol. The molecular weight excluding hydrogens is 484 g/mol. The van der Waals surface area contributed by atoms with Crippen molar-refractivity contribution in [2.24, 2.45) is 0 Å². The molecule has 0 amide bonds. The first-order valence-corrected chi connectivity index (χ1v) is 12.4. The lowest BCUT2D eigenvalue weighted by Gasteiger charge is -2.26. The molecule has 3 aromatic carbocycles. The van der Waals surface area contributed by atoms with Gasteiger partial charge in [0.15, 0.2) is 0 Å². The van der Waals surface area contributed by atoms with Crippen molar-refractivity contribution in [1.82, 2.24) is 0 Å². The van der Waals surface area contributed by atoms with E-state index >= 15 is 0 Å². The standard InChI is InChI=1S/C26H28N2O7S/c1-34-24-15-8-19(9-16-24)21(10-17-25(26(29)35-2)20-6-4-3-5-7-20)18-27(36(32)33)22-11-13-23(14-12-22)28(30)31/h3-9,11-16,21,25,36H,10,17-18H2,1-2H3. The summed E-state index contributed by atoms with van der Waals surface area (Å²) in [6.07, 6.45) is 0.908. The molecular formula is C26H28N2O7S. The van der Waals surface area contributed by atoms with Crippen molar-refractivity contribution in [3.8, 4) is 5.75 Å². The van der Waals surface area contributed by atoms with Gasteiger partial charge in [0.2, 0.25) is 10.9 Å². The lowest BCUT2D eigenvalue weighted by atomic mass is 9.87. The van der Waals surface area contributed by atoms with E-state index in [1.54, 1.807) is 19.2 Å². The average molecular weight is 513 g/mol. The minimum absolute atomic E-state index is 0.0888. The summed E-state index contributed by atoms with van der Waals surface area (Å²) in [4.78, 5) is 23.0. The Morgan fingerprint density at radius 3 is 2.08 bits per heavy atom. The fourth-order valence-corrected chi connectivity index (χ4v) is 4.73. The number of benzene rings is 3. The number of methoxy groups -OCH3 is 2. The van der Waals surface area contributed by atoms with Gasteiger partial charge in [0.25, 0.3) is 5.69 Å². The van der Waals surface area contributed by atoms with Crippen LogP contribution in [-0.2, 0) is 20.4 Å². The average Bonchev–Trinajstić information content (AvgIpc) is 2.90. The number of hydrogen-bond donors (Lipinski definition) is 1. The smallest absolute Gasteiger partial charge is 0.313 e. The van der Waals surface area contributed by atoms with E-state index in [0.717, 1.165) is 11.1 Å². The largest absolute Gasteiger partial charge is 0.497 e. The van der Waals surface area contributed by atoms with Crippen LogP contribution < -0.4 is 9.04 Å². The molecule has 0 N–H and O–H groups in total. The Morgan fingerprint density at radius 2 is 1.56 bits per heavy atom. The van der Waals surface area contributed by atoms with Gasteiger partial charge in [-0.2, -0.15) is 0 Å². The number of esters is 1. The molecule has 9 nitrogen and oxygen atoms in total. The van der Waals surface area contributed by atoms with E-state index in [1.165, 1.54) is 35.7 Å². The zero-order valence-electron chi connectivity index (χ0n) is 20.0. The molecule has 36 heavy (non-hydrogen) atoms. The third-order valence-corrected chi connectivity index (χ3v) is 6.82. The zero-order chi connectivity index (χ0) is 26.1. The lowest BCUT2D eigenvalue weighted by Crippen LogP contribution is -2.28. The van der Waals surface area contributed by atoms with Crippen LogP contribution in [0.5, 0.6) is 5.75 Å². The summed E-state index contributed by atoms with van der Waals surface area (Å²) in [7, 11) is -0.130. The highest BCUT2D eigenvalue weighted by Crippen LogP contribution is 2.32. The second-order valence-electron chi connectivity index (χ2n) is 8.13. The molecule has 3 aromatic rings. The Kier molecular flexibility index (Phi) is 9.40. The molecule has 0 aliphatic heterocycles. The number of carbonyl (C=O) groups excluding carboxylic acids is 1. The number of nitrogens with zero attached hydrogens (tertiary/aromatic N) is 2. The molecule has 10 heteroatoms. The van der Waals surface area contributed by atoms with Gasteiger partial charge >= 0.3 is 5.97 Å². The van der Waals surface area contributed by atoms with Gasteiger partial charge in [0.05, 0.1) is 30.7 Å². The number of hydrogen-bond acceptors (Lipinski definition) is 7. The summed E-state index contributed by atoms with van der Waals surface area (Å²) in [6, 6.07) is 22.0. The van der Waals surface area contributed by atoms with Crippen molar-refractivity contribution in [1.29, 1.82) is 0 Å². The number of ether oxygens (including phenoxy) is 2. The van der Waals surface area contributed by atoms with Crippen LogP contribution in [0.1, 0.15) is 35.8 Å². The quantitative estimate of drug-likeness (QED) is 0.165. The Balaban J connectivity index is 1.91. The Labute approximate surface area is 211 Å². The van der Waals surface area contributed by atoms with E-state index in [0.29, 0.717) is 24.3 Å². The summed E-state index contributed by atoms with van der Waals surface area (Å²) in [5.74, 6) is -0.492. The predicted molar refractivity (Wildman–Crippen MR) is 137 cm³/mol. The molecule has 0 saturated heterocycles. The van der Waals surface area contributed by atoms with E-state index in [-0.39, 0.29) is 24.1 Å². The first-order chi connectivity index (χ1) is 17.3. The van der Waals surface area contributed by atoms with Crippen LogP contribution in [0.4, 0.5) is 11.4 Å². The van der Waals surface area contributed by atoms with Gasteiger partial charge < -0.3 is 9.47 Å². The fourth-order valence-electron chi connectivity index (χ4n) is 4.08. The van der Waals surface area contributed by atoms with E-state index in [2.05, 4.69) is 0 Å². The van der Waals surface area contributed by atoms with E-state index in [9.17, 15) is 23.3 Å². The molecule has 0 aromatic heterocycles. The molecule has 0 aliphatic rings. The summed E-state index contributed by atoms with van der Waals surface area (Å²) >= 11 is 0. The van der Waals surface area contributed by atoms with Gasteiger partial charge in [-0.15, -0.1) is 0 Å². The molecule has 0 saturated carbocycles. The summed E-state index contributed by atoms with van der Waals surface area (Å²) in [6.45, 7) is 0.0888. The molecule has 2 unspecified atom stereocenters. The van der Waals surface area contributed by atoms with E-state index in [4.69, 9.17) is 9.47 Å². The first kappa shape index (κ1) is 26.7. The van der Waals surface area contributed by atoms with Gasteiger partial charge in [-0.05, 0) is 48.2 Å². The van der Waals surface area contributed by atoms with Crippen LogP contribution in [0.3, 0.4) is 0 Å². The van der Waals surface area contributed by atoms with Crippen molar-refractivity contribution in [2.75, 3.05) is 25.1 Å². The second-order valence-corrected chi connectivity index (χ2v) is 9.09. The number of nitro groups is 1. The van der Waals surface area contributed by atoms with E-state index in [1.807, 2.05) is 42.5 Å². The van der Waals surface area contributed by atoms with Gasteiger partial charge in [-0.3, -0.25) is 19.2 Å². The van der Waals surface area contributed by atoms with Crippen LogP contribution in [0.15, 0.2) is 78.9 Å². The number of thiol groups is 1. The topological polar surface area (TPSA) is 116 Å². The maximum Gasteiger partial charge on any atom is 0.313 e. The maximum atomic E-state index is 12.6. The number of anilines is 1. The fraction of sp³-hybridized carbons (Fsp3) is 0.269. The van der Waals surface area contributed by atoms with Crippen molar-refractivity contribution in [2.45, 2.75) is 24.7 Å².